The maximum Gasteiger partial charge on any atom is 0.227 e. The van der Waals surface area contributed by atoms with Crippen LogP contribution in [-0.4, -0.2) is 49.7 Å². The van der Waals surface area contributed by atoms with E-state index in [9.17, 15) is 4.79 Å². The van der Waals surface area contributed by atoms with Gasteiger partial charge in [0.15, 0.2) is 0 Å². The van der Waals surface area contributed by atoms with Gasteiger partial charge in [-0.1, -0.05) is 0 Å². The first-order valence-electron chi connectivity index (χ1n) is 7.43. The van der Waals surface area contributed by atoms with Gasteiger partial charge < -0.3 is 15.0 Å². The van der Waals surface area contributed by atoms with E-state index in [0.29, 0.717) is 17.9 Å². The van der Waals surface area contributed by atoms with Gasteiger partial charge in [0.25, 0.3) is 0 Å². The number of carbonyl (C=O) groups excluding carboxylic acids is 1. The molecule has 0 aromatic carbocycles. The molecule has 1 amide bonds. The third-order valence-electron chi connectivity index (χ3n) is 4.40. The molecule has 3 fully saturated rings. The summed E-state index contributed by atoms with van der Waals surface area (Å²) in [5, 5.41) is 3.35. The van der Waals surface area contributed by atoms with Crippen molar-refractivity contribution in [3.8, 4) is 0 Å². The van der Waals surface area contributed by atoms with E-state index < -0.39 is 0 Å². The first-order chi connectivity index (χ1) is 8.84. The van der Waals surface area contributed by atoms with E-state index in [-0.39, 0.29) is 5.92 Å². The van der Waals surface area contributed by atoms with Gasteiger partial charge in [0, 0.05) is 31.7 Å². The molecule has 102 valence electrons. The van der Waals surface area contributed by atoms with Crippen molar-refractivity contribution in [3.63, 3.8) is 0 Å². The number of hydrogen-bond acceptors (Lipinski definition) is 3. The molecule has 1 saturated carbocycles. The molecule has 2 aliphatic heterocycles. The average Bonchev–Trinajstić information content (AvgIpc) is 3.13. The number of piperidine rings is 1. The number of carbonyl (C=O) groups is 1. The summed E-state index contributed by atoms with van der Waals surface area (Å²) in [5.41, 5.74) is 0. The summed E-state index contributed by atoms with van der Waals surface area (Å²) < 4.78 is 5.43. The maximum absolute atomic E-state index is 12.6. The minimum Gasteiger partial charge on any atom is -0.381 e. The number of nitrogens with zero attached hydrogens (tertiary/aromatic N) is 1. The molecule has 4 heteroatoms. The van der Waals surface area contributed by atoms with E-state index in [1.807, 2.05) is 0 Å². The lowest BCUT2D eigenvalue weighted by atomic mass is 9.97. The molecule has 1 unspecified atom stereocenters. The monoisotopic (exact) mass is 252 g/mol. The molecule has 0 spiro atoms. The Kier molecular flexibility index (Phi) is 3.85. The molecule has 2 heterocycles. The largest absolute Gasteiger partial charge is 0.381 e. The molecule has 18 heavy (non-hydrogen) atoms. The SMILES string of the molecule is O=C([C@H]1CCCNC1)N(CC1CCOC1)C1CC1. The van der Waals surface area contributed by atoms with Gasteiger partial charge in [-0.15, -0.1) is 0 Å². The van der Waals surface area contributed by atoms with Gasteiger partial charge in [0.2, 0.25) is 5.91 Å². The summed E-state index contributed by atoms with van der Waals surface area (Å²) in [7, 11) is 0. The molecule has 0 radical (unpaired) electrons. The maximum atomic E-state index is 12.6. The standard InChI is InChI=1S/C14H24N2O2/c17-14(12-2-1-6-15-8-12)16(13-3-4-13)9-11-5-7-18-10-11/h11-13,15H,1-10H2/t11?,12-/m0/s1. The molecule has 0 aromatic heterocycles. The highest BCUT2D eigenvalue weighted by Gasteiger charge is 2.37. The van der Waals surface area contributed by atoms with Gasteiger partial charge in [0.05, 0.1) is 12.5 Å². The summed E-state index contributed by atoms with van der Waals surface area (Å²) >= 11 is 0. The van der Waals surface area contributed by atoms with Crippen LogP contribution in [0.2, 0.25) is 0 Å². The molecule has 0 aromatic rings. The number of hydrogen-bond donors (Lipinski definition) is 1. The second-order valence-electron chi connectivity index (χ2n) is 5.99. The third kappa shape index (κ3) is 2.86. The molecule has 2 saturated heterocycles. The van der Waals surface area contributed by atoms with Gasteiger partial charge >= 0.3 is 0 Å². The van der Waals surface area contributed by atoms with E-state index in [4.69, 9.17) is 4.74 Å². The van der Waals surface area contributed by atoms with Crippen LogP contribution in [0.4, 0.5) is 0 Å². The fourth-order valence-electron chi connectivity index (χ4n) is 3.11. The average molecular weight is 252 g/mol. The third-order valence-corrected chi connectivity index (χ3v) is 4.40. The highest BCUT2D eigenvalue weighted by atomic mass is 16.5. The fraction of sp³-hybridized carbons (Fsp3) is 0.929. The van der Waals surface area contributed by atoms with Crippen molar-refractivity contribution < 1.29 is 9.53 Å². The summed E-state index contributed by atoms with van der Waals surface area (Å²) in [6.07, 6.45) is 5.75. The second-order valence-corrected chi connectivity index (χ2v) is 5.99. The molecule has 3 rings (SSSR count). The van der Waals surface area contributed by atoms with Crippen molar-refractivity contribution in [2.75, 3.05) is 32.8 Å². The molecule has 1 aliphatic carbocycles. The van der Waals surface area contributed by atoms with Crippen LogP contribution in [0.1, 0.15) is 32.1 Å². The Labute approximate surface area is 109 Å². The zero-order chi connectivity index (χ0) is 12.4. The zero-order valence-electron chi connectivity index (χ0n) is 11.1. The Bertz CT molecular complexity index is 292. The molecule has 4 nitrogen and oxygen atoms in total. The molecular formula is C14H24N2O2. The van der Waals surface area contributed by atoms with Crippen LogP contribution in [-0.2, 0) is 9.53 Å². The minimum absolute atomic E-state index is 0.224. The first kappa shape index (κ1) is 12.4. The lowest BCUT2D eigenvalue weighted by molar-refractivity contribution is -0.137. The van der Waals surface area contributed by atoms with Gasteiger partial charge in [-0.05, 0) is 38.6 Å². The van der Waals surface area contributed by atoms with Crippen LogP contribution < -0.4 is 5.32 Å². The lowest BCUT2D eigenvalue weighted by Crippen LogP contribution is -2.45. The van der Waals surface area contributed by atoms with Crippen molar-refractivity contribution in [1.29, 1.82) is 0 Å². The van der Waals surface area contributed by atoms with Crippen LogP contribution in [0.5, 0.6) is 0 Å². The Morgan fingerprint density at radius 2 is 2.17 bits per heavy atom. The summed E-state index contributed by atoms with van der Waals surface area (Å²) in [6.45, 7) is 4.61. The van der Waals surface area contributed by atoms with Crippen LogP contribution in [0.25, 0.3) is 0 Å². The highest BCUT2D eigenvalue weighted by Crippen LogP contribution is 2.31. The predicted octanol–water partition coefficient (Wildman–Crippen LogP) is 1.01. The van der Waals surface area contributed by atoms with Crippen molar-refractivity contribution in [1.82, 2.24) is 10.2 Å². The van der Waals surface area contributed by atoms with E-state index in [1.54, 1.807) is 0 Å². The van der Waals surface area contributed by atoms with E-state index in [0.717, 1.165) is 52.1 Å². The number of ether oxygens (including phenoxy) is 1. The molecule has 1 N–H and O–H groups in total. The smallest absolute Gasteiger partial charge is 0.227 e. The Hall–Kier alpha value is -0.610. The first-order valence-corrected chi connectivity index (χ1v) is 7.43. The van der Waals surface area contributed by atoms with Gasteiger partial charge in [-0.25, -0.2) is 0 Å². The normalized spacial score (nSPS) is 32.4. The highest BCUT2D eigenvalue weighted by molar-refractivity contribution is 5.79. The quantitative estimate of drug-likeness (QED) is 0.812. The fourth-order valence-corrected chi connectivity index (χ4v) is 3.11. The van der Waals surface area contributed by atoms with E-state index in [1.165, 1.54) is 12.8 Å². The van der Waals surface area contributed by atoms with E-state index in [2.05, 4.69) is 10.2 Å². The van der Waals surface area contributed by atoms with Gasteiger partial charge in [-0.2, -0.15) is 0 Å². The molecule has 3 aliphatic rings. The van der Waals surface area contributed by atoms with Gasteiger partial charge in [-0.3, -0.25) is 4.79 Å². The van der Waals surface area contributed by atoms with Crippen LogP contribution in [0.15, 0.2) is 0 Å². The van der Waals surface area contributed by atoms with Gasteiger partial charge in [0.1, 0.15) is 0 Å². The summed E-state index contributed by atoms with van der Waals surface area (Å²) in [6, 6.07) is 0.542. The van der Waals surface area contributed by atoms with E-state index >= 15 is 0 Å². The number of nitrogens with one attached hydrogen (secondary N) is 1. The topological polar surface area (TPSA) is 41.6 Å². The molecular weight excluding hydrogens is 228 g/mol. The summed E-state index contributed by atoms with van der Waals surface area (Å²) in [4.78, 5) is 14.8. The Morgan fingerprint density at radius 3 is 2.78 bits per heavy atom. The number of amides is 1. The lowest BCUT2D eigenvalue weighted by Gasteiger charge is -2.31. The van der Waals surface area contributed by atoms with Crippen LogP contribution in [0, 0.1) is 11.8 Å². The number of rotatable bonds is 4. The Balaban J connectivity index is 1.59. The van der Waals surface area contributed by atoms with Crippen molar-refractivity contribution in [2.24, 2.45) is 11.8 Å². The van der Waals surface area contributed by atoms with Crippen LogP contribution >= 0.6 is 0 Å². The zero-order valence-corrected chi connectivity index (χ0v) is 11.1. The Morgan fingerprint density at radius 1 is 1.28 bits per heavy atom. The molecule has 0 bridgehead atoms. The summed E-state index contributed by atoms with van der Waals surface area (Å²) in [5.74, 6) is 1.20. The van der Waals surface area contributed by atoms with Crippen molar-refractivity contribution >= 4 is 5.91 Å². The van der Waals surface area contributed by atoms with Crippen molar-refractivity contribution in [2.45, 2.75) is 38.1 Å². The predicted molar refractivity (Wildman–Crippen MR) is 69.3 cm³/mol. The van der Waals surface area contributed by atoms with Crippen molar-refractivity contribution in [3.05, 3.63) is 0 Å². The molecule has 2 atom stereocenters. The minimum atomic E-state index is 0.224. The van der Waals surface area contributed by atoms with Crippen LogP contribution in [0.3, 0.4) is 0 Å². The second kappa shape index (κ2) is 5.57.